The number of nitrogens with one attached hydrogen (secondary N) is 2. The van der Waals surface area contributed by atoms with Crippen molar-refractivity contribution in [1.82, 2.24) is 20.2 Å². The second-order valence-corrected chi connectivity index (χ2v) is 4.84. The topological polar surface area (TPSA) is 71.8 Å². The summed E-state index contributed by atoms with van der Waals surface area (Å²) in [5.41, 5.74) is 2.89. The Hall–Kier alpha value is -1.15. The molecule has 1 aromatic heterocycles. The lowest BCUT2D eigenvalue weighted by molar-refractivity contribution is -0.119. The summed E-state index contributed by atoms with van der Waals surface area (Å²) in [6.45, 7) is 3.84. The van der Waals surface area contributed by atoms with Crippen molar-refractivity contribution in [3.63, 3.8) is 0 Å². The zero-order valence-electron chi connectivity index (χ0n) is 10.7. The van der Waals surface area contributed by atoms with Gasteiger partial charge in [0.25, 0.3) is 0 Å². The van der Waals surface area contributed by atoms with Gasteiger partial charge in [0.1, 0.15) is 5.82 Å². The number of carbonyl (C=O) groups is 1. The molecule has 0 saturated heterocycles. The van der Waals surface area contributed by atoms with Crippen LogP contribution in [-0.4, -0.2) is 32.1 Å². The SMILES string of the molecule is CCCCC(=O)NC(=S)Nn1c(C)nnc1SC. The summed E-state index contributed by atoms with van der Waals surface area (Å²) < 4.78 is 1.65. The molecule has 0 atom stereocenters. The molecule has 1 aromatic rings. The maximum absolute atomic E-state index is 11.5. The molecule has 1 amide bonds. The number of carbonyl (C=O) groups excluding carboxylic acids is 1. The Labute approximate surface area is 116 Å². The van der Waals surface area contributed by atoms with Crippen molar-refractivity contribution < 1.29 is 4.79 Å². The molecule has 18 heavy (non-hydrogen) atoms. The highest BCUT2D eigenvalue weighted by Crippen LogP contribution is 2.10. The van der Waals surface area contributed by atoms with Gasteiger partial charge in [-0.3, -0.25) is 10.2 Å². The second-order valence-electron chi connectivity index (χ2n) is 3.66. The number of amides is 1. The normalized spacial score (nSPS) is 10.2. The lowest BCUT2D eigenvalue weighted by Crippen LogP contribution is -2.38. The Bertz CT molecular complexity index is 432. The number of aromatic nitrogens is 3. The van der Waals surface area contributed by atoms with E-state index in [1.165, 1.54) is 11.8 Å². The van der Waals surface area contributed by atoms with Crippen molar-refractivity contribution in [2.45, 2.75) is 38.3 Å². The average Bonchev–Trinajstić information content (AvgIpc) is 2.68. The van der Waals surface area contributed by atoms with Crippen molar-refractivity contribution in [3.05, 3.63) is 5.82 Å². The van der Waals surface area contributed by atoms with Crippen LogP contribution in [0.2, 0.25) is 0 Å². The van der Waals surface area contributed by atoms with Crippen molar-refractivity contribution in [3.8, 4) is 0 Å². The van der Waals surface area contributed by atoms with E-state index >= 15 is 0 Å². The quantitative estimate of drug-likeness (QED) is 0.631. The molecule has 0 aliphatic rings. The van der Waals surface area contributed by atoms with Gasteiger partial charge < -0.3 is 5.32 Å². The molecule has 0 spiro atoms. The number of thiocarbonyl (C=S) groups is 1. The monoisotopic (exact) mass is 287 g/mol. The van der Waals surface area contributed by atoms with Gasteiger partial charge in [0.2, 0.25) is 11.1 Å². The van der Waals surface area contributed by atoms with Crippen LogP contribution in [0, 0.1) is 6.92 Å². The first-order chi connectivity index (χ1) is 8.58. The van der Waals surface area contributed by atoms with Crippen molar-refractivity contribution in [2.24, 2.45) is 0 Å². The Morgan fingerprint density at radius 3 is 2.83 bits per heavy atom. The van der Waals surface area contributed by atoms with Crippen molar-refractivity contribution in [2.75, 3.05) is 11.7 Å². The van der Waals surface area contributed by atoms with E-state index in [9.17, 15) is 4.79 Å². The Morgan fingerprint density at radius 2 is 2.22 bits per heavy atom. The van der Waals surface area contributed by atoms with Crippen molar-refractivity contribution >= 4 is 35.0 Å². The fourth-order valence-corrected chi connectivity index (χ4v) is 1.95. The fourth-order valence-electron chi connectivity index (χ4n) is 1.26. The van der Waals surface area contributed by atoms with Gasteiger partial charge in [-0.25, -0.2) is 4.68 Å². The predicted octanol–water partition coefficient (Wildman–Crippen LogP) is 1.44. The molecular weight excluding hydrogens is 270 g/mol. The third-order valence-corrected chi connectivity index (χ3v) is 3.02. The summed E-state index contributed by atoms with van der Waals surface area (Å²) in [7, 11) is 0. The highest BCUT2D eigenvalue weighted by molar-refractivity contribution is 7.98. The zero-order chi connectivity index (χ0) is 13.5. The Morgan fingerprint density at radius 1 is 1.50 bits per heavy atom. The lowest BCUT2D eigenvalue weighted by Gasteiger charge is -2.12. The van der Waals surface area contributed by atoms with Gasteiger partial charge in [-0.05, 0) is 31.8 Å². The van der Waals surface area contributed by atoms with Crippen molar-refractivity contribution in [1.29, 1.82) is 0 Å². The molecule has 2 N–H and O–H groups in total. The summed E-state index contributed by atoms with van der Waals surface area (Å²) >= 11 is 6.51. The van der Waals surface area contributed by atoms with E-state index in [4.69, 9.17) is 12.2 Å². The maximum Gasteiger partial charge on any atom is 0.226 e. The lowest BCUT2D eigenvalue weighted by atomic mass is 10.2. The molecule has 6 nitrogen and oxygen atoms in total. The highest BCUT2D eigenvalue weighted by Gasteiger charge is 2.10. The van der Waals surface area contributed by atoms with Crippen LogP contribution in [0.5, 0.6) is 0 Å². The molecule has 0 radical (unpaired) electrons. The van der Waals surface area contributed by atoms with Gasteiger partial charge in [0.05, 0.1) is 0 Å². The zero-order valence-corrected chi connectivity index (χ0v) is 12.3. The number of hydrogen-bond donors (Lipinski definition) is 2. The molecule has 100 valence electrons. The van der Waals surface area contributed by atoms with Gasteiger partial charge in [-0.1, -0.05) is 25.1 Å². The van der Waals surface area contributed by atoms with E-state index < -0.39 is 0 Å². The van der Waals surface area contributed by atoms with Crippen LogP contribution < -0.4 is 10.7 Å². The molecular formula is C10H17N5OS2. The highest BCUT2D eigenvalue weighted by atomic mass is 32.2. The summed E-state index contributed by atoms with van der Waals surface area (Å²) in [5, 5.41) is 11.5. The maximum atomic E-state index is 11.5. The molecule has 0 aliphatic heterocycles. The van der Waals surface area contributed by atoms with Crippen LogP contribution in [0.4, 0.5) is 0 Å². The summed E-state index contributed by atoms with van der Waals surface area (Å²) in [6, 6.07) is 0. The largest absolute Gasteiger partial charge is 0.302 e. The van der Waals surface area contributed by atoms with Gasteiger partial charge in [-0.2, -0.15) is 0 Å². The molecule has 0 aromatic carbocycles. The Kier molecular flexibility index (Phi) is 6.06. The first-order valence-corrected chi connectivity index (χ1v) is 7.28. The number of unbranched alkanes of at least 4 members (excludes halogenated alkanes) is 1. The van der Waals surface area contributed by atoms with E-state index in [1.807, 2.05) is 13.2 Å². The first-order valence-electron chi connectivity index (χ1n) is 5.65. The van der Waals surface area contributed by atoms with Crippen LogP contribution in [0.3, 0.4) is 0 Å². The minimum atomic E-state index is -0.0780. The summed E-state index contributed by atoms with van der Waals surface area (Å²) in [5.74, 6) is 0.607. The number of rotatable bonds is 5. The minimum absolute atomic E-state index is 0.0780. The van der Waals surface area contributed by atoms with Gasteiger partial charge in [0.15, 0.2) is 5.11 Å². The number of hydrogen-bond acceptors (Lipinski definition) is 5. The van der Waals surface area contributed by atoms with E-state index in [0.29, 0.717) is 17.4 Å². The van der Waals surface area contributed by atoms with Gasteiger partial charge in [0, 0.05) is 6.42 Å². The number of thioether (sulfide) groups is 1. The molecule has 0 saturated carbocycles. The average molecular weight is 287 g/mol. The minimum Gasteiger partial charge on any atom is -0.302 e. The van der Waals surface area contributed by atoms with E-state index in [-0.39, 0.29) is 11.0 Å². The van der Waals surface area contributed by atoms with E-state index in [2.05, 4.69) is 20.9 Å². The van der Waals surface area contributed by atoms with Crippen LogP contribution in [0.15, 0.2) is 5.16 Å². The number of aryl methyl sites for hydroxylation is 1. The molecule has 1 heterocycles. The predicted molar refractivity (Wildman–Crippen MR) is 76.2 cm³/mol. The molecule has 0 fully saturated rings. The molecule has 0 aliphatic carbocycles. The fraction of sp³-hybridized carbons (Fsp3) is 0.600. The van der Waals surface area contributed by atoms with Gasteiger partial charge in [-0.15, -0.1) is 10.2 Å². The summed E-state index contributed by atoms with van der Waals surface area (Å²) in [4.78, 5) is 11.5. The van der Waals surface area contributed by atoms with Crippen LogP contribution >= 0.6 is 24.0 Å². The van der Waals surface area contributed by atoms with E-state index in [0.717, 1.165) is 12.8 Å². The van der Waals surface area contributed by atoms with Crippen LogP contribution in [0.25, 0.3) is 0 Å². The first kappa shape index (κ1) is 14.9. The second kappa shape index (κ2) is 7.32. The summed E-state index contributed by atoms with van der Waals surface area (Å²) in [6.07, 6.45) is 4.21. The standard InChI is InChI=1S/C10H17N5OS2/c1-4-5-6-8(16)11-9(17)14-15-7(2)12-13-10(15)18-3/h4-6H2,1-3H3,(H2,11,14,16,17). The van der Waals surface area contributed by atoms with Crippen LogP contribution in [-0.2, 0) is 4.79 Å². The molecule has 0 unspecified atom stereocenters. The van der Waals surface area contributed by atoms with E-state index in [1.54, 1.807) is 11.6 Å². The molecule has 8 heteroatoms. The van der Waals surface area contributed by atoms with Gasteiger partial charge >= 0.3 is 0 Å². The van der Waals surface area contributed by atoms with Crippen LogP contribution in [0.1, 0.15) is 32.0 Å². The Balaban J connectivity index is 2.54. The molecule has 1 rings (SSSR count). The number of nitrogens with zero attached hydrogens (tertiary/aromatic N) is 3. The molecule has 0 bridgehead atoms. The smallest absolute Gasteiger partial charge is 0.226 e. The third-order valence-electron chi connectivity index (χ3n) is 2.20. The third kappa shape index (κ3) is 4.26.